The monoisotopic (exact) mass is 313 g/mol. The number of benzene rings is 1. The van der Waals surface area contributed by atoms with Gasteiger partial charge in [-0.05, 0) is 25.3 Å². The van der Waals surface area contributed by atoms with Crippen LogP contribution in [0, 0.1) is 0 Å². The number of aryl methyl sites for hydroxylation is 1. The van der Waals surface area contributed by atoms with Crippen molar-refractivity contribution < 1.29 is 9.84 Å². The molecule has 0 saturated heterocycles. The van der Waals surface area contributed by atoms with E-state index in [1.807, 2.05) is 25.4 Å². The molecule has 1 fully saturated rings. The van der Waals surface area contributed by atoms with Crippen molar-refractivity contribution in [1.82, 2.24) is 15.1 Å². The molecule has 1 spiro atoms. The van der Waals surface area contributed by atoms with Gasteiger partial charge in [0.2, 0.25) is 0 Å². The Kier molecular flexibility index (Phi) is 3.62. The number of hydrogen-bond acceptors (Lipinski definition) is 4. The maximum absolute atomic E-state index is 10.4. The second-order valence-corrected chi connectivity index (χ2v) is 6.80. The molecule has 1 saturated carbocycles. The van der Waals surface area contributed by atoms with E-state index in [4.69, 9.17) is 4.74 Å². The molecule has 2 aliphatic rings. The number of aliphatic hydroxyl groups is 1. The molecular formula is C18H23N3O2. The van der Waals surface area contributed by atoms with Crippen molar-refractivity contribution in [1.29, 1.82) is 0 Å². The number of nitrogens with zero attached hydrogens (tertiary/aromatic N) is 2. The highest BCUT2D eigenvalue weighted by molar-refractivity contribution is 5.39. The van der Waals surface area contributed by atoms with Gasteiger partial charge in [0.15, 0.2) is 0 Å². The number of nitrogens with one attached hydrogen (secondary N) is 1. The van der Waals surface area contributed by atoms with Gasteiger partial charge in [-0.2, -0.15) is 5.10 Å². The Balaban J connectivity index is 1.49. The lowest BCUT2D eigenvalue weighted by Crippen LogP contribution is -2.49. The molecule has 2 atom stereocenters. The number of ether oxygens (including phenoxy) is 1. The van der Waals surface area contributed by atoms with Gasteiger partial charge in [-0.3, -0.25) is 4.68 Å². The lowest BCUT2D eigenvalue weighted by molar-refractivity contribution is -0.0379. The maximum atomic E-state index is 10.4. The SMILES string of the molecule is Cn1cc([C@@H](O)CN[C@@H]2CC3(CCC3)Oc3ccccc32)cn1. The number of aliphatic hydroxyl groups excluding tert-OH is 1. The van der Waals surface area contributed by atoms with E-state index in [0.717, 1.165) is 30.6 Å². The molecular weight excluding hydrogens is 290 g/mol. The molecule has 0 amide bonds. The maximum Gasteiger partial charge on any atom is 0.124 e. The van der Waals surface area contributed by atoms with E-state index in [1.165, 1.54) is 12.0 Å². The van der Waals surface area contributed by atoms with Crippen molar-refractivity contribution in [3.05, 3.63) is 47.8 Å². The van der Waals surface area contributed by atoms with Crippen LogP contribution in [0.2, 0.25) is 0 Å². The number of fused-ring (bicyclic) bond motifs is 1. The van der Waals surface area contributed by atoms with Crippen LogP contribution in [-0.4, -0.2) is 27.0 Å². The van der Waals surface area contributed by atoms with E-state index >= 15 is 0 Å². The molecule has 5 heteroatoms. The van der Waals surface area contributed by atoms with Crippen molar-refractivity contribution in [2.45, 2.75) is 43.4 Å². The molecule has 1 aromatic heterocycles. The first-order chi connectivity index (χ1) is 11.2. The molecule has 0 unspecified atom stereocenters. The van der Waals surface area contributed by atoms with Crippen molar-refractivity contribution in [3.8, 4) is 5.75 Å². The molecule has 0 bridgehead atoms. The lowest BCUT2D eigenvalue weighted by atomic mass is 9.73. The number of aromatic nitrogens is 2. The third-order valence-corrected chi connectivity index (χ3v) is 5.13. The molecule has 1 aliphatic heterocycles. The smallest absolute Gasteiger partial charge is 0.124 e. The summed E-state index contributed by atoms with van der Waals surface area (Å²) in [5, 5.41) is 18.0. The fourth-order valence-corrected chi connectivity index (χ4v) is 3.66. The van der Waals surface area contributed by atoms with Crippen molar-refractivity contribution in [2.24, 2.45) is 7.05 Å². The van der Waals surface area contributed by atoms with Crippen LogP contribution in [0.25, 0.3) is 0 Å². The Hall–Kier alpha value is -1.85. The lowest BCUT2D eigenvalue weighted by Gasteiger charge is -2.48. The van der Waals surface area contributed by atoms with E-state index in [-0.39, 0.29) is 11.6 Å². The third kappa shape index (κ3) is 2.75. The number of hydrogen-bond donors (Lipinski definition) is 2. The summed E-state index contributed by atoms with van der Waals surface area (Å²) in [6.07, 6.45) is 7.51. The molecule has 1 aromatic carbocycles. The molecule has 5 nitrogen and oxygen atoms in total. The van der Waals surface area contributed by atoms with Gasteiger partial charge < -0.3 is 15.2 Å². The minimum atomic E-state index is -0.545. The first-order valence-corrected chi connectivity index (χ1v) is 8.33. The zero-order chi connectivity index (χ0) is 15.9. The van der Waals surface area contributed by atoms with Crippen molar-refractivity contribution in [3.63, 3.8) is 0 Å². The highest BCUT2D eigenvalue weighted by atomic mass is 16.5. The van der Waals surface area contributed by atoms with E-state index < -0.39 is 6.10 Å². The molecule has 2 heterocycles. The summed E-state index contributed by atoms with van der Waals surface area (Å²) in [5.41, 5.74) is 2.05. The van der Waals surface area contributed by atoms with Crippen LogP contribution >= 0.6 is 0 Å². The first-order valence-electron chi connectivity index (χ1n) is 8.33. The van der Waals surface area contributed by atoms with E-state index in [0.29, 0.717) is 6.54 Å². The second-order valence-electron chi connectivity index (χ2n) is 6.80. The van der Waals surface area contributed by atoms with Gasteiger partial charge in [0.25, 0.3) is 0 Å². The van der Waals surface area contributed by atoms with Crippen LogP contribution in [0.15, 0.2) is 36.7 Å². The van der Waals surface area contributed by atoms with Gasteiger partial charge in [-0.15, -0.1) is 0 Å². The van der Waals surface area contributed by atoms with Gasteiger partial charge in [-0.1, -0.05) is 18.2 Å². The van der Waals surface area contributed by atoms with Crippen molar-refractivity contribution in [2.75, 3.05) is 6.54 Å². The predicted octanol–water partition coefficient (Wildman–Crippen LogP) is 2.49. The van der Waals surface area contributed by atoms with Gasteiger partial charge in [0.05, 0.1) is 12.3 Å². The molecule has 1 aliphatic carbocycles. The Morgan fingerprint density at radius 1 is 1.43 bits per heavy atom. The summed E-state index contributed by atoms with van der Waals surface area (Å²) < 4.78 is 7.98. The summed E-state index contributed by atoms with van der Waals surface area (Å²) in [5.74, 6) is 0.992. The van der Waals surface area contributed by atoms with E-state index in [9.17, 15) is 5.11 Å². The largest absolute Gasteiger partial charge is 0.487 e. The van der Waals surface area contributed by atoms with Gasteiger partial charge >= 0.3 is 0 Å². The van der Waals surface area contributed by atoms with Crippen LogP contribution < -0.4 is 10.1 Å². The standard InChI is InChI=1S/C18H23N3O2/c1-21-12-13(10-20-21)16(22)11-19-15-9-18(7-4-8-18)23-17-6-3-2-5-14(15)17/h2-3,5-6,10,12,15-16,19,22H,4,7-9,11H2,1H3/t15-,16+/m1/s1. The average molecular weight is 313 g/mol. The minimum Gasteiger partial charge on any atom is -0.487 e. The summed E-state index contributed by atoms with van der Waals surface area (Å²) in [4.78, 5) is 0. The average Bonchev–Trinajstić information content (AvgIpc) is 2.97. The number of rotatable bonds is 4. The zero-order valence-electron chi connectivity index (χ0n) is 13.4. The van der Waals surface area contributed by atoms with Gasteiger partial charge in [0, 0.05) is 43.4 Å². The molecule has 2 aromatic rings. The summed E-state index contributed by atoms with van der Waals surface area (Å²) in [6, 6.07) is 8.48. The Labute approximate surface area is 136 Å². The Morgan fingerprint density at radius 2 is 2.26 bits per heavy atom. The highest BCUT2D eigenvalue weighted by Crippen LogP contribution is 2.48. The second kappa shape index (κ2) is 5.65. The number of para-hydroxylation sites is 1. The first kappa shape index (κ1) is 14.7. The molecule has 0 radical (unpaired) electrons. The van der Waals surface area contributed by atoms with E-state index in [2.05, 4.69) is 22.5 Å². The Bertz CT molecular complexity index is 693. The van der Waals surface area contributed by atoms with Gasteiger partial charge in [0.1, 0.15) is 11.4 Å². The molecule has 122 valence electrons. The summed E-state index contributed by atoms with van der Waals surface area (Å²) >= 11 is 0. The fraction of sp³-hybridized carbons (Fsp3) is 0.500. The Morgan fingerprint density at radius 3 is 2.96 bits per heavy atom. The molecule has 2 N–H and O–H groups in total. The van der Waals surface area contributed by atoms with Crippen LogP contribution in [-0.2, 0) is 7.05 Å². The predicted molar refractivity (Wildman–Crippen MR) is 87.2 cm³/mol. The fourth-order valence-electron chi connectivity index (χ4n) is 3.66. The van der Waals surface area contributed by atoms with Crippen LogP contribution in [0.3, 0.4) is 0 Å². The summed E-state index contributed by atoms with van der Waals surface area (Å²) in [7, 11) is 1.86. The minimum absolute atomic E-state index is 0.00523. The third-order valence-electron chi connectivity index (χ3n) is 5.13. The molecule has 23 heavy (non-hydrogen) atoms. The van der Waals surface area contributed by atoms with Crippen molar-refractivity contribution >= 4 is 0 Å². The van der Waals surface area contributed by atoms with E-state index in [1.54, 1.807) is 10.9 Å². The normalized spacial score (nSPS) is 23.0. The van der Waals surface area contributed by atoms with Crippen LogP contribution in [0.1, 0.15) is 49.0 Å². The summed E-state index contributed by atoms with van der Waals surface area (Å²) in [6.45, 7) is 0.515. The van der Waals surface area contributed by atoms with Crippen LogP contribution in [0.5, 0.6) is 5.75 Å². The quantitative estimate of drug-likeness (QED) is 0.910. The van der Waals surface area contributed by atoms with Gasteiger partial charge in [-0.25, -0.2) is 0 Å². The topological polar surface area (TPSA) is 59.3 Å². The van der Waals surface area contributed by atoms with Crippen LogP contribution in [0.4, 0.5) is 0 Å². The highest BCUT2D eigenvalue weighted by Gasteiger charge is 2.45. The molecule has 4 rings (SSSR count). The zero-order valence-corrected chi connectivity index (χ0v) is 13.4.